The Kier molecular flexibility index (Phi) is 5.12. The number of ether oxygens (including phenoxy) is 2. The maximum absolute atomic E-state index is 11.7. The van der Waals surface area contributed by atoms with E-state index in [2.05, 4.69) is 5.32 Å². The number of hydrogen-bond donors (Lipinski definition) is 1. The Hall–Kier alpha value is -1.59. The zero-order valence-electron chi connectivity index (χ0n) is 10.9. The van der Waals surface area contributed by atoms with Crippen LogP contribution in [0.3, 0.4) is 0 Å². The number of hydrogen-bond acceptors (Lipinski definition) is 5. The number of rotatable bonds is 6. The highest BCUT2D eigenvalue weighted by Gasteiger charge is 2.42. The van der Waals surface area contributed by atoms with Crippen molar-refractivity contribution < 1.29 is 23.9 Å². The molecule has 0 saturated heterocycles. The van der Waals surface area contributed by atoms with Crippen LogP contribution in [0.15, 0.2) is 0 Å². The van der Waals surface area contributed by atoms with E-state index < -0.39 is 18.0 Å². The number of amides is 1. The molecule has 1 rings (SSSR count). The summed E-state index contributed by atoms with van der Waals surface area (Å²) in [5.41, 5.74) is 0. The Balaban J connectivity index is 2.61. The van der Waals surface area contributed by atoms with Gasteiger partial charge < -0.3 is 14.8 Å². The van der Waals surface area contributed by atoms with Crippen molar-refractivity contribution in [1.29, 1.82) is 0 Å². The average Bonchev–Trinajstić information content (AvgIpc) is 3.03. The van der Waals surface area contributed by atoms with Crippen molar-refractivity contribution in [3.8, 4) is 0 Å². The van der Waals surface area contributed by atoms with Crippen molar-refractivity contribution in [3.05, 3.63) is 0 Å². The van der Waals surface area contributed by atoms with Crippen LogP contribution in [0, 0.1) is 11.8 Å². The van der Waals surface area contributed by atoms with Crippen LogP contribution in [0.2, 0.25) is 0 Å². The molecule has 18 heavy (non-hydrogen) atoms. The second kappa shape index (κ2) is 6.37. The SMILES string of the molecule is CCOC(=O)C(NC(=O)C1CC1C)C(=O)OCC. The standard InChI is InChI=1S/C12H19NO5/c1-4-17-11(15)9(12(16)18-5-2)13-10(14)8-6-7(8)3/h7-9H,4-6H2,1-3H3,(H,13,14). The van der Waals surface area contributed by atoms with Gasteiger partial charge in [0.15, 0.2) is 0 Å². The van der Waals surface area contributed by atoms with E-state index in [1.165, 1.54) is 0 Å². The molecule has 0 aromatic rings. The topological polar surface area (TPSA) is 81.7 Å². The Labute approximate surface area is 106 Å². The summed E-state index contributed by atoms with van der Waals surface area (Å²) in [5.74, 6) is -1.67. The van der Waals surface area contributed by atoms with Gasteiger partial charge in [0.25, 0.3) is 0 Å². The molecule has 0 aliphatic heterocycles. The first-order valence-corrected chi connectivity index (χ1v) is 6.14. The molecule has 6 nitrogen and oxygen atoms in total. The summed E-state index contributed by atoms with van der Waals surface area (Å²) in [7, 11) is 0. The van der Waals surface area contributed by atoms with E-state index in [0.29, 0.717) is 5.92 Å². The van der Waals surface area contributed by atoms with Gasteiger partial charge in [0, 0.05) is 5.92 Å². The highest BCUT2D eigenvalue weighted by atomic mass is 16.6. The van der Waals surface area contributed by atoms with Gasteiger partial charge in [0.1, 0.15) is 0 Å². The zero-order valence-corrected chi connectivity index (χ0v) is 10.9. The molecular formula is C12H19NO5. The summed E-state index contributed by atoms with van der Waals surface area (Å²) in [6.45, 7) is 5.48. The Morgan fingerprint density at radius 2 is 1.61 bits per heavy atom. The Morgan fingerprint density at radius 3 is 1.94 bits per heavy atom. The summed E-state index contributed by atoms with van der Waals surface area (Å²) in [6, 6.07) is -1.36. The van der Waals surface area contributed by atoms with E-state index >= 15 is 0 Å². The number of esters is 2. The summed E-state index contributed by atoms with van der Waals surface area (Å²) in [4.78, 5) is 34.9. The van der Waals surface area contributed by atoms with Crippen LogP contribution in [0.25, 0.3) is 0 Å². The first kappa shape index (κ1) is 14.5. The van der Waals surface area contributed by atoms with E-state index in [4.69, 9.17) is 9.47 Å². The monoisotopic (exact) mass is 257 g/mol. The molecule has 1 saturated carbocycles. The van der Waals surface area contributed by atoms with Gasteiger partial charge in [-0.25, -0.2) is 9.59 Å². The van der Waals surface area contributed by atoms with Crippen molar-refractivity contribution >= 4 is 17.8 Å². The third-order valence-electron chi connectivity index (χ3n) is 2.78. The summed E-state index contributed by atoms with van der Waals surface area (Å²) in [5, 5.41) is 2.39. The minimum absolute atomic E-state index is 0.114. The minimum Gasteiger partial charge on any atom is -0.464 e. The maximum atomic E-state index is 11.7. The van der Waals surface area contributed by atoms with E-state index in [9.17, 15) is 14.4 Å². The molecule has 0 heterocycles. The fourth-order valence-electron chi connectivity index (χ4n) is 1.60. The predicted molar refractivity (Wildman–Crippen MR) is 62.5 cm³/mol. The van der Waals surface area contributed by atoms with Crippen molar-refractivity contribution in [2.45, 2.75) is 33.2 Å². The smallest absolute Gasteiger partial charge is 0.340 e. The molecule has 1 aliphatic rings. The third-order valence-corrected chi connectivity index (χ3v) is 2.78. The largest absolute Gasteiger partial charge is 0.464 e. The van der Waals surface area contributed by atoms with Crippen molar-refractivity contribution in [1.82, 2.24) is 5.32 Å². The molecule has 2 unspecified atom stereocenters. The highest BCUT2D eigenvalue weighted by molar-refractivity contribution is 6.02. The lowest BCUT2D eigenvalue weighted by atomic mass is 10.2. The van der Waals surface area contributed by atoms with Crippen LogP contribution in [0.4, 0.5) is 0 Å². The molecule has 6 heteroatoms. The average molecular weight is 257 g/mol. The molecule has 1 amide bonds. The van der Waals surface area contributed by atoms with Gasteiger partial charge in [0.05, 0.1) is 13.2 Å². The Bertz CT molecular complexity index is 323. The molecule has 2 atom stereocenters. The van der Waals surface area contributed by atoms with Gasteiger partial charge >= 0.3 is 11.9 Å². The van der Waals surface area contributed by atoms with Gasteiger partial charge in [-0.2, -0.15) is 0 Å². The Morgan fingerprint density at radius 1 is 1.17 bits per heavy atom. The van der Waals surface area contributed by atoms with Crippen LogP contribution in [-0.2, 0) is 23.9 Å². The van der Waals surface area contributed by atoms with E-state index in [0.717, 1.165) is 6.42 Å². The fraction of sp³-hybridized carbons (Fsp3) is 0.750. The number of carbonyl (C=O) groups is 3. The second-order valence-electron chi connectivity index (χ2n) is 4.27. The van der Waals surface area contributed by atoms with Gasteiger partial charge in [-0.15, -0.1) is 0 Å². The molecule has 102 valence electrons. The van der Waals surface area contributed by atoms with Crippen LogP contribution < -0.4 is 5.32 Å². The van der Waals surface area contributed by atoms with E-state index in [1.54, 1.807) is 13.8 Å². The zero-order chi connectivity index (χ0) is 13.7. The minimum atomic E-state index is -1.36. The summed E-state index contributed by atoms with van der Waals surface area (Å²) < 4.78 is 9.49. The molecular weight excluding hydrogens is 238 g/mol. The lowest BCUT2D eigenvalue weighted by molar-refractivity contribution is -0.159. The molecule has 0 aromatic heterocycles. The maximum Gasteiger partial charge on any atom is 0.340 e. The molecule has 1 N–H and O–H groups in total. The van der Waals surface area contributed by atoms with Gasteiger partial charge in [0.2, 0.25) is 11.9 Å². The van der Waals surface area contributed by atoms with Crippen molar-refractivity contribution in [2.75, 3.05) is 13.2 Å². The fourth-order valence-corrected chi connectivity index (χ4v) is 1.60. The van der Waals surface area contributed by atoms with Crippen molar-refractivity contribution in [2.24, 2.45) is 11.8 Å². The third kappa shape index (κ3) is 3.72. The first-order chi connectivity index (χ1) is 8.51. The van der Waals surface area contributed by atoms with Gasteiger partial charge in [-0.3, -0.25) is 4.79 Å². The van der Waals surface area contributed by atoms with E-state index in [1.807, 2.05) is 6.92 Å². The lowest BCUT2D eigenvalue weighted by Crippen LogP contribution is -2.48. The van der Waals surface area contributed by atoms with Crippen LogP contribution >= 0.6 is 0 Å². The molecule has 1 fully saturated rings. The molecule has 0 aromatic carbocycles. The molecule has 0 bridgehead atoms. The summed E-state index contributed by atoms with van der Waals surface area (Å²) >= 11 is 0. The van der Waals surface area contributed by atoms with Gasteiger partial charge in [-0.05, 0) is 26.2 Å². The summed E-state index contributed by atoms with van der Waals surface area (Å²) in [6.07, 6.45) is 0.782. The predicted octanol–water partition coefficient (Wildman–Crippen LogP) is 0.253. The number of carbonyl (C=O) groups excluding carboxylic acids is 3. The van der Waals surface area contributed by atoms with Gasteiger partial charge in [-0.1, -0.05) is 6.92 Å². The second-order valence-corrected chi connectivity index (χ2v) is 4.27. The van der Waals surface area contributed by atoms with Crippen LogP contribution in [0.5, 0.6) is 0 Å². The quantitative estimate of drug-likeness (QED) is 0.545. The van der Waals surface area contributed by atoms with Crippen LogP contribution in [0.1, 0.15) is 27.2 Å². The first-order valence-electron chi connectivity index (χ1n) is 6.14. The molecule has 0 radical (unpaired) electrons. The van der Waals surface area contributed by atoms with Crippen LogP contribution in [-0.4, -0.2) is 37.1 Å². The molecule has 1 aliphatic carbocycles. The number of nitrogens with one attached hydrogen (secondary N) is 1. The van der Waals surface area contributed by atoms with E-state index in [-0.39, 0.29) is 25.0 Å². The molecule has 0 spiro atoms. The van der Waals surface area contributed by atoms with Crippen molar-refractivity contribution in [3.63, 3.8) is 0 Å². The normalized spacial score (nSPS) is 21.3. The highest BCUT2D eigenvalue weighted by Crippen LogP contribution is 2.37. The lowest BCUT2D eigenvalue weighted by Gasteiger charge is -2.15.